The fraction of sp³-hybridized carbons (Fsp3) is 0.467. The van der Waals surface area contributed by atoms with E-state index in [1.165, 1.54) is 5.69 Å². The molecule has 1 aliphatic rings. The molecule has 0 aliphatic carbocycles. The quantitative estimate of drug-likeness (QED) is 0.746. The van der Waals surface area contributed by atoms with Gasteiger partial charge in [-0.1, -0.05) is 0 Å². The first kappa shape index (κ1) is 15.1. The lowest BCUT2D eigenvalue weighted by Gasteiger charge is -2.29. The highest BCUT2D eigenvalue weighted by Crippen LogP contribution is 2.19. The predicted octanol–water partition coefficient (Wildman–Crippen LogP) is 0.505. The number of carbonyl (C=O) groups is 1. The van der Waals surface area contributed by atoms with Crippen LogP contribution >= 0.6 is 0 Å². The fourth-order valence-electron chi connectivity index (χ4n) is 2.13. The van der Waals surface area contributed by atoms with Gasteiger partial charge >= 0.3 is 0 Å². The number of piperazine rings is 1. The Hall–Kier alpha value is -2.26. The van der Waals surface area contributed by atoms with Crippen LogP contribution in [0.4, 0.5) is 5.69 Å². The van der Waals surface area contributed by atoms with E-state index in [0.717, 1.165) is 26.2 Å². The molecular formula is C15H20N4O2. The van der Waals surface area contributed by atoms with Crippen LogP contribution in [0.1, 0.15) is 6.42 Å². The lowest BCUT2D eigenvalue weighted by Crippen LogP contribution is -2.43. The van der Waals surface area contributed by atoms with Crippen molar-refractivity contribution in [3.63, 3.8) is 0 Å². The maximum Gasteiger partial charge on any atom is 0.257 e. The minimum absolute atomic E-state index is 0.0294. The van der Waals surface area contributed by atoms with Gasteiger partial charge in [-0.15, -0.1) is 0 Å². The van der Waals surface area contributed by atoms with Crippen molar-refractivity contribution in [3.05, 3.63) is 24.3 Å². The van der Waals surface area contributed by atoms with Gasteiger partial charge in [0.25, 0.3) is 5.91 Å². The van der Waals surface area contributed by atoms with Crippen LogP contribution < -0.4 is 20.3 Å². The molecule has 1 amide bonds. The summed E-state index contributed by atoms with van der Waals surface area (Å²) in [6, 6.07) is 9.74. The Morgan fingerprint density at radius 3 is 2.71 bits per heavy atom. The molecule has 0 aromatic heterocycles. The minimum Gasteiger partial charge on any atom is -0.484 e. The van der Waals surface area contributed by atoms with E-state index in [0.29, 0.717) is 18.7 Å². The Morgan fingerprint density at radius 2 is 2.05 bits per heavy atom. The summed E-state index contributed by atoms with van der Waals surface area (Å²) < 4.78 is 5.41. The van der Waals surface area contributed by atoms with Crippen molar-refractivity contribution in [2.24, 2.45) is 0 Å². The molecule has 1 fully saturated rings. The summed E-state index contributed by atoms with van der Waals surface area (Å²) in [5, 5.41) is 14.3. The van der Waals surface area contributed by atoms with Crippen molar-refractivity contribution in [1.82, 2.24) is 10.6 Å². The van der Waals surface area contributed by atoms with E-state index in [-0.39, 0.29) is 12.5 Å². The van der Waals surface area contributed by atoms with Crippen molar-refractivity contribution in [3.8, 4) is 11.8 Å². The molecule has 2 rings (SSSR count). The summed E-state index contributed by atoms with van der Waals surface area (Å²) in [5.41, 5.74) is 1.17. The number of hydrogen-bond donors (Lipinski definition) is 2. The van der Waals surface area contributed by atoms with Gasteiger partial charge in [-0.05, 0) is 24.3 Å². The SMILES string of the molecule is N#CCCNC(=O)COc1ccc(N2CCNCC2)cc1. The molecular weight excluding hydrogens is 268 g/mol. The van der Waals surface area contributed by atoms with Crippen molar-refractivity contribution < 1.29 is 9.53 Å². The van der Waals surface area contributed by atoms with Crippen LogP contribution in [-0.2, 0) is 4.79 Å². The van der Waals surface area contributed by atoms with Crippen molar-refractivity contribution in [2.45, 2.75) is 6.42 Å². The molecule has 1 heterocycles. The molecule has 1 aliphatic heterocycles. The van der Waals surface area contributed by atoms with Crippen molar-refractivity contribution in [2.75, 3.05) is 44.2 Å². The summed E-state index contributed by atoms with van der Waals surface area (Å²) in [7, 11) is 0. The number of anilines is 1. The maximum absolute atomic E-state index is 11.4. The molecule has 112 valence electrons. The van der Waals surface area contributed by atoms with E-state index >= 15 is 0 Å². The summed E-state index contributed by atoms with van der Waals surface area (Å²) in [6.45, 7) is 4.34. The molecule has 1 aromatic rings. The Bertz CT molecular complexity index is 489. The van der Waals surface area contributed by atoms with Crippen LogP contribution in [0, 0.1) is 11.3 Å². The highest BCUT2D eigenvalue weighted by Gasteiger charge is 2.10. The Labute approximate surface area is 124 Å². The first-order valence-electron chi connectivity index (χ1n) is 7.12. The van der Waals surface area contributed by atoms with Gasteiger partial charge in [0, 0.05) is 38.4 Å². The minimum atomic E-state index is -0.212. The van der Waals surface area contributed by atoms with Crippen LogP contribution in [-0.4, -0.2) is 45.2 Å². The molecule has 0 radical (unpaired) electrons. The summed E-state index contributed by atoms with van der Waals surface area (Å²) in [5.74, 6) is 0.459. The fourth-order valence-corrected chi connectivity index (χ4v) is 2.13. The molecule has 0 saturated carbocycles. The van der Waals surface area contributed by atoms with E-state index in [9.17, 15) is 4.79 Å². The predicted molar refractivity (Wildman–Crippen MR) is 80.3 cm³/mol. The van der Waals surface area contributed by atoms with Crippen LogP contribution in [0.2, 0.25) is 0 Å². The zero-order valence-electron chi connectivity index (χ0n) is 12.0. The Morgan fingerprint density at radius 1 is 1.33 bits per heavy atom. The molecule has 1 aromatic carbocycles. The topological polar surface area (TPSA) is 77.4 Å². The number of hydrogen-bond acceptors (Lipinski definition) is 5. The average molecular weight is 288 g/mol. The molecule has 6 nitrogen and oxygen atoms in total. The average Bonchev–Trinajstić information content (AvgIpc) is 2.54. The number of rotatable bonds is 6. The van der Waals surface area contributed by atoms with Gasteiger partial charge in [-0.2, -0.15) is 5.26 Å². The lowest BCUT2D eigenvalue weighted by atomic mass is 10.2. The third-order valence-corrected chi connectivity index (χ3v) is 3.25. The van der Waals surface area contributed by atoms with E-state index in [1.54, 1.807) is 0 Å². The number of ether oxygens (including phenoxy) is 1. The molecule has 0 spiro atoms. The molecule has 0 atom stereocenters. The van der Waals surface area contributed by atoms with E-state index < -0.39 is 0 Å². The van der Waals surface area contributed by atoms with E-state index in [2.05, 4.69) is 15.5 Å². The van der Waals surface area contributed by atoms with E-state index in [4.69, 9.17) is 10.00 Å². The maximum atomic E-state index is 11.4. The van der Waals surface area contributed by atoms with Gasteiger partial charge in [-0.25, -0.2) is 0 Å². The largest absolute Gasteiger partial charge is 0.484 e. The third-order valence-electron chi connectivity index (χ3n) is 3.25. The van der Waals surface area contributed by atoms with Gasteiger partial charge in [0.05, 0.1) is 12.5 Å². The number of amides is 1. The zero-order chi connectivity index (χ0) is 14.9. The summed E-state index contributed by atoms with van der Waals surface area (Å²) >= 11 is 0. The first-order valence-corrected chi connectivity index (χ1v) is 7.12. The second-order valence-corrected chi connectivity index (χ2v) is 4.78. The standard InChI is InChI=1S/C15H20N4O2/c16-6-1-7-18-15(20)12-21-14-4-2-13(3-5-14)19-10-8-17-9-11-19/h2-5,17H,1,7-12H2,(H,18,20). The number of nitrogens with zero attached hydrogens (tertiary/aromatic N) is 2. The highest BCUT2D eigenvalue weighted by molar-refractivity contribution is 5.77. The molecule has 0 bridgehead atoms. The summed E-state index contributed by atoms with van der Waals surface area (Å²) in [4.78, 5) is 13.8. The highest BCUT2D eigenvalue weighted by atomic mass is 16.5. The van der Waals surface area contributed by atoms with Gasteiger partial charge in [-0.3, -0.25) is 4.79 Å². The second kappa shape index (κ2) is 8.12. The van der Waals surface area contributed by atoms with Gasteiger partial charge in [0.15, 0.2) is 6.61 Å². The van der Waals surface area contributed by atoms with Crippen LogP contribution in [0.5, 0.6) is 5.75 Å². The smallest absolute Gasteiger partial charge is 0.257 e. The monoisotopic (exact) mass is 288 g/mol. The van der Waals surface area contributed by atoms with Gasteiger partial charge in [0.1, 0.15) is 5.75 Å². The molecule has 2 N–H and O–H groups in total. The molecule has 6 heteroatoms. The summed E-state index contributed by atoms with van der Waals surface area (Å²) in [6.07, 6.45) is 0.311. The van der Waals surface area contributed by atoms with Crippen LogP contribution in [0.3, 0.4) is 0 Å². The Balaban J connectivity index is 1.77. The number of benzene rings is 1. The van der Waals surface area contributed by atoms with Gasteiger partial charge < -0.3 is 20.3 Å². The Kier molecular flexibility index (Phi) is 5.85. The number of carbonyl (C=O) groups excluding carboxylic acids is 1. The van der Waals surface area contributed by atoms with Crippen molar-refractivity contribution in [1.29, 1.82) is 5.26 Å². The number of nitrogens with one attached hydrogen (secondary N) is 2. The van der Waals surface area contributed by atoms with Crippen molar-refractivity contribution >= 4 is 11.6 Å². The second-order valence-electron chi connectivity index (χ2n) is 4.78. The molecule has 1 saturated heterocycles. The molecule has 21 heavy (non-hydrogen) atoms. The number of nitriles is 1. The van der Waals surface area contributed by atoms with Crippen LogP contribution in [0.25, 0.3) is 0 Å². The third kappa shape index (κ3) is 4.97. The first-order chi connectivity index (χ1) is 10.3. The van der Waals surface area contributed by atoms with Gasteiger partial charge in [0.2, 0.25) is 0 Å². The van der Waals surface area contributed by atoms with E-state index in [1.807, 2.05) is 30.3 Å². The molecule has 0 unspecified atom stereocenters. The normalized spacial score (nSPS) is 14.3. The zero-order valence-corrected chi connectivity index (χ0v) is 12.0. The van der Waals surface area contributed by atoms with Crippen LogP contribution in [0.15, 0.2) is 24.3 Å². The lowest BCUT2D eigenvalue weighted by molar-refractivity contribution is -0.123.